The highest BCUT2D eigenvalue weighted by molar-refractivity contribution is 5.94. The first-order valence-corrected chi connectivity index (χ1v) is 7.71. The molecule has 0 unspecified atom stereocenters. The van der Waals surface area contributed by atoms with Crippen LogP contribution in [0.3, 0.4) is 0 Å². The van der Waals surface area contributed by atoms with Crippen LogP contribution in [0.15, 0.2) is 48.5 Å². The first-order valence-electron chi connectivity index (χ1n) is 7.71. The van der Waals surface area contributed by atoms with Crippen LogP contribution < -0.4 is 10.1 Å². The summed E-state index contributed by atoms with van der Waals surface area (Å²) in [4.78, 5) is 14.4. The maximum absolute atomic E-state index is 12.4. The molecule has 1 atom stereocenters. The SMILES string of the molecule is COc1ccc(C)cc1CN(C)[C@@H](C)C(=O)Nc1ccccc1. The van der Waals surface area contributed by atoms with E-state index in [2.05, 4.69) is 18.3 Å². The van der Waals surface area contributed by atoms with Gasteiger partial charge in [0.05, 0.1) is 13.2 Å². The van der Waals surface area contributed by atoms with E-state index in [0.29, 0.717) is 6.54 Å². The molecular weight excluding hydrogens is 288 g/mol. The van der Waals surface area contributed by atoms with Gasteiger partial charge in [-0.2, -0.15) is 0 Å². The minimum absolute atomic E-state index is 0.0229. The lowest BCUT2D eigenvalue weighted by Crippen LogP contribution is -2.39. The van der Waals surface area contributed by atoms with Crippen LogP contribution in [0, 0.1) is 6.92 Å². The highest BCUT2D eigenvalue weighted by atomic mass is 16.5. The van der Waals surface area contributed by atoms with Crippen molar-refractivity contribution in [3.05, 3.63) is 59.7 Å². The summed E-state index contributed by atoms with van der Waals surface area (Å²) in [5.41, 5.74) is 3.07. The average molecular weight is 312 g/mol. The molecule has 0 aliphatic carbocycles. The number of carbonyl (C=O) groups is 1. The van der Waals surface area contributed by atoms with Gasteiger partial charge in [-0.3, -0.25) is 9.69 Å². The second-order valence-electron chi connectivity index (χ2n) is 5.76. The zero-order valence-electron chi connectivity index (χ0n) is 14.2. The minimum atomic E-state index is -0.250. The molecule has 4 nitrogen and oxygen atoms in total. The third-order valence-electron chi connectivity index (χ3n) is 3.94. The van der Waals surface area contributed by atoms with E-state index in [0.717, 1.165) is 17.0 Å². The van der Waals surface area contributed by atoms with Crippen LogP contribution in [0.5, 0.6) is 5.75 Å². The van der Waals surface area contributed by atoms with Gasteiger partial charge in [0.25, 0.3) is 0 Å². The molecule has 0 aliphatic heterocycles. The van der Waals surface area contributed by atoms with Crippen molar-refractivity contribution < 1.29 is 9.53 Å². The molecule has 0 saturated heterocycles. The van der Waals surface area contributed by atoms with E-state index in [1.165, 1.54) is 5.56 Å². The first-order chi connectivity index (χ1) is 11.0. The van der Waals surface area contributed by atoms with Crippen LogP contribution in [-0.4, -0.2) is 31.0 Å². The van der Waals surface area contributed by atoms with Crippen molar-refractivity contribution in [1.29, 1.82) is 0 Å². The summed E-state index contributed by atoms with van der Waals surface area (Å²) in [6.45, 7) is 4.60. The van der Waals surface area contributed by atoms with E-state index in [1.807, 2.05) is 61.3 Å². The first kappa shape index (κ1) is 17.0. The fraction of sp³-hybridized carbons (Fsp3) is 0.316. The van der Waals surface area contributed by atoms with Gasteiger partial charge in [-0.1, -0.05) is 35.9 Å². The molecule has 0 aliphatic rings. The molecule has 2 rings (SSSR count). The fourth-order valence-corrected chi connectivity index (χ4v) is 2.40. The van der Waals surface area contributed by atoms with Crippen molar-refractivity contribution >= 4 is 11.6 Å². The summed E-state index contributed by atoms with van der Waals surface area (Å²) >= 11 is 0. The van der Waals surface area contributed by atoms with Gasteiger partial charge < -0.3 is 10.1 Å². The molecular formula is C19H24N2O2. The number of carbonyl (C=O) groups excluding carboxylic acids is 1. The van der Waals surface area contributed by atoms with E-state index < -0.39 is 0 Å². The standard InChI is InChI=1S/C19H24N2O2/c1-14-10-11-18(23-4)16(12-14)13-21(3)15(2)19(22)20-17-8-6-5-7-9-17/h5-12,15H,13H2,1-4H3,(H,20,22)/t15-/m0/s1. The topological polar surface area (TPSA) is 41.6 Å². The molecule has 0 bridgehead atoms. The fourth-order valence-electron chi connectivity index (χ4n) is 2.40. The van der Waals surface area contributed by atoms with Crippen molar-refractivity contribution in [3.8, 4) is 5.75 Å². The number of anilines is 1. The number of benzene rings is 2. The van der Waals surface area contributed by atoms with E-state index in [1.54, 1.807) is 7.11 Å². The number of rotatable bonds is 6. The van der Waals surface area contributed by atoms with E-state index in [-0.39, 0.29) is 11.9 Å². The van der Waals surface area contributed by atoms with Crippen LogP contribution in [0.1, 0.15) is 18.1 Å². The predicted octanol–water partition coefficient (Wildman–Crippen LogP) is 3.46. The second kappa shape index (κ2) is 7.79. The van der Waals surface area contributed by atoms with Gasteiger partial charge in [-0.15, -0.1) is 0 Å². The summed E-state index contributed by atoms with van der Waals surface area (Å²) in [5.74, 6) is 0.823. The van der Waals surface area contributed by atoms with Crippen molar-refractivity contribution in [1.82, 2.24) is 4.90 Å². The average Bonchev–Trinajstić information content (AvgIpc) is 2.55. The number of nitrogens with zero attached hydrogens (tertiary/aromatic N) is 1. The highest BCUT2D eigenvalue weighted by Gasteiger charge is 2.19. The van der Waals surface area contributed by atoms with Gasteiger partial charge in [0.1, 0.15) is 5.75 Å². The molecule has 0 radical (unpaired) electrons. The molecule has 4 heteroatoms. The Balaban J connectivity index is 2.03. The smallest absolute Gasteiger partial charge is 0.241 e. The molecule has 0 saturated carbocycles. The van der Waals surface area contributed by atoms with E-state index in [4.69, 9.17) is 4.74 Å². The minimum Gasteiger partial charge on any atom is -0.496 e. The Hall–Kier alpha value is -2.33. The third-order valence-corrected chi connectivity index (χ3v) is 3.94. The number of nitrogens with one attached hydrogen (secondary N) is 1. The molecule has 0 aromatic heterocycles. The lowest BCUT2D eigenvalue weighted by atomic mass is 10.1. The number of methoxy groups -OCH3 is 1. The van der Waals surface area contributed by atoms with Crippen molar-refractivity contribution in [2.75, 3.05) is 19.5 Å². The molecule has 2 aromatic rings. The molecule has 0 fully saturated rings. The Morgan fingerprint density at radius 2 is 1.91 bits per heavy atom. The van der Waals surface area contributed by atoms with Crippen molar-refractivity contribution in [2.45, 2.75) is 26.4 Å². The quantitative estimate of drug-likeness (QED) is 0.888. The highest BCUT2D eigenvalue weighted by Crippen LogP contribution is 2.22. The summed E-state index contributed by atoms with van der Waals surface area (Å²) in [6, 6.07) is 15.3. The number of amides is 1. The monoisotopic (exact) mass is 312 g/mol. The zero-order chi connectivity index (χ0) is 16.8. The molecule has 0 heterocycles. The van der Waals surface area contributed by atoms with Crippen LogP contribution in [0.4, 0.5) is 5.69 Å². The lowest BCUT2D eigenvalue weighted by Gasteiger charge is -2.25. The maximum Gasteiger partial charge on any atom is 0.241 e. The number of hydrogen-bond acceptors (Lipinski definition) is 3. The van der Waals surface area contributed by atoms with Crippen molar-refractivity contribution in [2.24, 2.45) is 0 Å². The zero-order valence-corrected chi connectivity index (χ0v) is 14.2. The maximum atomic E-state index is 12.4. The van der Waals surface area contributed by atoms with Crippen LogP contribution in [0.25, 0.3) is 0 Å². The van der Waals surface area contributed by atoms with Gasteiger partial charge in [0.15, 0.2) is 0 Å². The molecule has 122 valence electrons. The largest absolute Gasteiger partial charge is 0.496 e. The Labute approximate surface area is 138 Å². The number of aryl methyl sites for hydroxylation is 1. The summed E-state index contributed by atoms with van der Waals surface area (Å²) in [7, 11) is 3.61. The lowest BCUT2D eigenvalue weighted by molar-refractivity contribution is -0.120. The molecule has 2 aromatic carbocycles. The number of hydrogen-bond donors (Lipinski definition) is 1. The number of para-hydroxylation sites is 1. The number of likely N-dealkylation sites (N-methyl/N-ethyl adjacent to an activating group) is 1. The predicted molar refractivity (Wildman–Crippen MR) is 93.7 cm³/mol. The third kappa shape index (κ3) is 4.57. The van der Waals surface area contributed by atoms with Crippen LogP contribution in [0.2, 0.25) is 0 Å². The van der Waals surface area contributed by atoms with E-state index in [9.17, 15) is 4.79 Å². The van der Waals surface area contributed by atoms with Crippen LogP contribution >= 0.6 is 0 Å². The Bertz CT molecular complexity index is 656. The summed E-state index contributed by atoms with van der Waals surface area (Å²) in [5, 5.41) is 2.94. The number of ether oxygens (including phenoxy) is 1. The van der Waals surface area contributed by atoms with Crippen molar-refractivity contribution in [3.63, 3.8) is 0 Å². The van der Waals surface area contributed by atoms with Gasteiger partial charge in [0.2, 0.25) is 5.91 Å². The van der Waals surface area contributed by atoms with Crippen LogP contribution in [-0.2, 0) is 11.3 Å². The summed E-state index contributed by atoms with van der Waals surface area (Å²) < 4.78 is 5.41. The van der Waals surface area contributed by atoms with Gasteiger partial charge in [-0.25, -0.2) is 0 Å². The Morgan fingerprint density at radius 1 is 1.22 bits per heavy atom. The van der Waals surface area contributed by atoms with E-state index >= 15 is 0 Å². The second-order valence-corrected chi connectivity index (χ2v) is 5.76. The Kier molecular flexibility index (Phi) is 5.77. The van der Waals surface area contributed by atoms with Gasteiger partial charge >= 0.3 is 0 Å². The molecule has 23 heavy (non-hydrogen) atoms. The molecule has 0 spiro atoms. The molecule has 1 N–H and O–H groups in total. The summed E-state index contributed by atoms with van der Waals surface area (Å²) in [6.07, 6.45) is 0. The normalized spacial score (nSPS) is 12.0. The van der Waals surface area contributed by atoms with Gasteiger partial charge in [0, 0.05) is 17.8 Å². The Morgan fingerprint density at radius 3 is 2.57 bits per heavy atom. The van der Waals surface area contributed by atoms with Gasteiger partial charge in [-0.05, 0) is 39.1 Å². The molecule has 1 amide bonds.